The van der Waals surface area contributed by atoms with Crippen LogP contribution in [-0.4, -0.2) is 9.78 Å². The highest BCUT2D eigenvalue weighted by Crippen LogP contribution is 2.25. The normalized spacial score (nSPS) is 14.4. The highest BCUT2D eigenvalue weighted by atomic mass is 79.9. The maximum Gasteiger partial charge on any atom is 0.0492 e. The van der Waals surface area contributed by atoms with E-state index in [9.17, 15) is 0 Å². The van der Waals surface area contributed by atoms with Gasteiger partial charge in [0.25, 0.3) is 0 Å². The van der Waals surface area contributed by atoms with Gasteiger partial charge in [-0.05, 0) is 43.5 Å². The zero-order valence-corrected chi connectivity index (χ0v) is 12.3. The molecule has 2 rings (SSSR count). The minimum Gasteiger partial charge on any atom is -0.322 e. The maximum atomic E-state index is 6.41. The standard InChI is InChI=1S/C14H18BrN3/c1-14(16,11-3-5-12(15)6-4-11)9-7-13-8-10-17-18(13)2/h3-6,8,10H,7,9,16H2,1-2H3. The van der Waals surface area contributed by atoms with E-state index in [1.54, 1.807) is 0 Å². The van der Waals surface area contributed by atoms with Crippen molar-refractivity contribution in [3.63, 3.8) is 0 Å². The van der Waals surface area contributed by atoms with Gasteiger partial charge >= 0.3 is 0 Å². The van der Waals surface area contributed by atoms with E-state index in [1.807, 2.05) is 36.1 Å². The first-order valence-electron chi connectivity index (χ1n) is 6.01. The lowest BCUT2D eigenvalue weighted by Gasteiger charge is -2.25. The predicted molar refractivity (Wildman–Crippen MR) is 77.2 cm³/mol. The Kier molecular flexibility index (Phi) is 3.88. The molecule has 0 aliphatic rings. The average Bonchev–Trinajstić information content (AvgIpc) is 2.73. The van der Waals surface area contributed by atoms with Crippen LogP contribution in [0.25, 0.3) is 0 Å². The first kappa shape index (κ1) is 13.3. The van der Waals surface area contributed by atoms with Gasteiger partial charge < -0.3 is 5.73 Å². The second kappa shape index (κ2) is 5.24. The molecular formula is C14H18BrN3. The van der Waals surface area contributed by atoms with Gasteiger partial charge in [-0.2, -0.15) is 5.10 Å². The number of aromatic nitrogens is 2. The molecule has 96 valence electrons. The monoisotopic (exact) mass is 307 g/mol. The SMILES string of the molecule is Cn1nccc1CCC(C)(N)c1ccc(Br)cc1. The summed E-state index contributed by atoms with van der Waals surface area (Å²) in [5.74, 6) is 0. The van der Waals surface area contributed by atoms with Gasteiger partial charge in [0.05, 0.1) is 0 Å². The molecule has 18 heavy (non-hydrogen) atoms. The van der Waals surface area contributed by atoms with Crippen LogP contribution in [0.15, 0.2) is 41.0 Å². The third-order valence-corrected chi connectivity index (χ3v) is 3.86. The molecule has 1 unspecified atom stereocenters. The van der Waals surface area contributed by atoms with Gasteiger partial charge in [-0.3, -0.25) is 4.68 Å². The number of hydrogen-bond donors (Lipinski definition) is 1. The Labute approximate surface area is 116 Å². The number of hydrogen-bond acceptors (Lipinski definition) is 2. The third-order valence-electron chi connectivity index (χ3n) is 3.33. The number of rotatable bonds is 4. The van der Waals surface area contributed by atoms with Gasteiger partial charge in [0.15, 0.2) is 0 Å². The largest absolute Gasteiger partial charge is 0.322 e. The number of aryl methyl sites for hydroxylation is 2. The van der Waals surface area contributed by atoms with Crippen molar-refractivity contribution in [2.24, 2.45) is 12.8 Å². The lowest BCUT2D eigenvalue weighted by molar-refractivity contribution is 0.445. The van der Waals surface area contributed by atoms with Crippen LogP contribution in [0.3, 0.4) is 0 Å². The van der Waals surface area contributed by atoms with Crippen LogP contribution in [0.5, 0.6) is 0 Å². The molecule has 1 aromatic heterocycles. The Morgan fingerprint density at radius 3 is 2.50 bits per heavy atom. The molecule has 1 aromatic carbocycles. The lowest BCUT2D eigenvalue weighted by Crippen LogP contribution is -2.33. The molecule has 4 heteroatoms. The lowest BCUT2D eigenvalue weighted by atomic mass is 9.88. The van der Waals surface area contributed by atoms with Gasteiger partial charge in [-0.15, -0.1) is 0 Å². The van der Waals surface area contributed by atoms with Crippen LogP contribution >= 0.6 is 15.9 Å². The molecule has 2 N–H and O–H groups in total. The summed E-state index contributed by atoms with van der Waals surface area (Å²) in [5, 5.41) is 4.17. The fourth-order valence-electron chi connectivity index (χ4n) is 2.01. The van der Waals surface area contributed by atoms with E-state index in [1.165, 1.54) is 5.69 Å². The second-order valence-electron chi connectivity index (χ2n) is 4.87. The first-order valence-corrected chi connectivity index (χ1v) is 6.80. The van der Waals surface area contributed by atoms with E-state index in [0.29, 0.717) is 0 Å². The Morgan fingerprint density at radius 2 is 1.94 bits per heavy atom. The molecule has 1 atom stereocenters. The molecule has 1 heterocycles. The van der Waals surface area contributed by atoms with Crippen LogP contribution in [0.2, 0.25) is 0 Å². The zero-order chi connectivity index (χ0) is 13.2. The summed E-state index contributed by atoms with van der Waals surface area (Å²) < 4.78 is 2.98. The molecule has 0 fully saturated rings. The molecule has 0 radical (unpaired) electrons. The van der Waals surface area contributed by atoms with Crippen LogP contribution in [0.1, 0.15) is 24.6 Å². The number of halogens is 1. The minimum absolute atomic E-state index is 0.315. The van der Waals surface area contributed by atoms with Gasteiger partial charge in [0.2, 0.25) is 0 Å². The summed E-state index contributed by atoms with van der Waals surface area (Å²) in [6.07, 6.45) is 3.65. The Balaban J connectivity index is 2.07. The van der Waals surface area contributed by atoms with E-state index in [4.69, 9.17) is 5.73 Å². The van der Waals surface area contributed by atoms with Crippen LogP contribution in [0, 0.1) is 0 Å². The molecule has 0 saturated carbocycles. The fraction of sp³-hybridized carbons (Fsp3) is 0.357. The van der Waals surface area contributed by atoms with Crippen molar-refractivity contribution in [3.8, 4) is 0 Å². The minimum atomic E-state index is -0.315. The van der Waals surface area contributed by atoms with E-state index in [-0.39, 0.29) is 5.54 Å². The van der Waals surface area contributed by atoms with Crippen molar-refractivity contribution < 1.29 is 0 Å². The number of nitrogens with two attached hydrogens (primary N) is 1. The molecule has 0 amide bonds. The smallest absolute Gasteiger partial charge is 0.0492 e. The molecule has 0 bridgehead atoms. The Bertz CT molecular complexity index is 514. The zero-order valence-electron chi connectivity index (χ0n) is 10.7. The van der Waals surface area contributed by atoms with Gasteiger partial charge in [0.1, 0.15) is 0 Å². The first-order chi connectivity index (χ1) is 8.49. The van der Waals surface area contributed by atoms with Gasteiger partial charge in [-0.1, -0.05) is 28.1 Å². The molecule has 0 aliphatic heterocycles. The van der Waals surface area contributed by atoms with Crippen molar-refractivity contribution >= 4 is 15.9 Å². The maximum absolute atomic E-state index is 6.41. The van der Waals surface area contributed by atoms with Crippen molar-refractivity contribution in [2.75, 3.05) is 0 Å². The molecule has 3 nitrogen and oxygen atoms in total. The average molecular weight is 308 g/mol. The summed E-state index contributed by atoms with van der Waals surface area (Å²) in [5.41, 5.74) is 8.47. The summed E-state index contributed by atoms with van der Waals surface area (Å²) in [6.45, 7) is 2.08. The molecule has 0 spiro atoms. The van der Waals surface area contributed by atoms with Crippen molar-refractivity contribution in [3.05, 3.63) is 52.3 Å². The molecule has 0 saturated heterocycles. The van der Waals surface area contributed by atoms with Crippen LogP contribution in [0.4, 0.5) is 0 Å². The fourth-order valence-corrected chi connectivity index (χ4v) is 2.27. The third kappa shape index (κ3) is 3.00. The number of benzene rings is 1. The Morgan fingerprint density at radius 1 is 1.28 bits per heavy atom. The Hall–Kier alpha value is -1.13. The summed E-state index contributed by atoms with van der Waals surface area (Å²) in [4.78, 5) is 0. The summed E-state index contributed by atoms with van der Waals surface area (Å²) in [6, 6.07) is 10.3. The van der Waals surface area contributed by atoms with E-state index in [0.717, 1.165) is 22.9 Å². The molecule has 2 aromatic rings. The summed E-state index contributed by atoms with van der Waals surface area (Å²) >= 11 is 3.44. The highest BCUT2D eigenvalue weighted by molar-refractivity contribution is 9.10. The number of nitrogens with zero attached hydrogens (tertiary/aromatic N) is 2. The second-order valence-corrected chi connectivity index (χ2v) is 5.79. The topological polar surface area (TPSA) is 43.8 Å². The predicted octanol–water partition coefficient (Wildman–Crippen LogP) is 2.99. The van der Waals surface area contributed by atoms with Crippen molar-refractivity contribution in [1.82, 2.24) is 9.78 Å². The quantitative estimate of drug-likeness (QED) is 0.943. The molecule has 0 aliphatic carbocycles. The van der Waals surface area contributed by atoms with Crippen LogP contribution in [-0.2, 0) is 19.0 Å². The van der Waals surface area contributed by atoms with Crippen LogP contribution < -0.4 is 5.73 Å². The summed E-state index contributed by atoms with van der Waals surface area (Å²) in [7, 11) is 1.96. The van der Waals surface area contributed by atoms with Gasteiger partial charge in [0, 0.05) is 29.0 Å². The van der Waals surface area contributed by atoms with E-state index in [2.05, 4.69) is 40.1 Å². The highest BCUT2D eigenvalue weighted by Gasteiger charge is 2.21. The van der Waals surface area contributed by atoms with Crippen molar-refractivity contribution in [1.29, 1.82) is 0 Å². The molecular weight excluding hydrogens is 290 g/mol. The van der Waals surface area contributed by atoms with E-state index < -0.39 is 0 Å². The van der Waals surface area contributed by atoms with E-state index >= 15 is 0 Å². The van der Waals surface area contributed by atoms with Gasteiger partial charge in [-0.25, -0.2) is 0 Å². The van der Waals surface area contributed by atoms with Crippen molar-refractivity contribution in [2.45, 2.75) is 25.3 Å².